The second-order valence-corrected chi connectivity index (χ2v) is 6.20. The van der Waals surface area contributed by atoms with E-state index in [1.165, 1.54) is 11.3 Å². The molecule has 2 aromatic heterocycles. The summed E-state index contributed by atoms with van der Waals surface area (Å²) in [5, 5.41) is 7.86. The SMILES string of the molecule is O=C(Sc1nncs1)c1ccc(-c2ccccc2Cl)o1. The van der Waals surface area contributed by atoms with Gasteiger partial charge in [0.05, 0.1) is 5.02 Å². The van der Waals surface area contributed by atoms with Gasteiger partial charge in [-0.15, -0.1) is 10.2 Å². The van der Waals surface area contributed by atoms with Crippen LogP contribution in [-0.2, 0) is 0 Å². The monoisotopic (exact) mass is 322 g/mol. The molecule has 0 aliphatic rings. The van der Waals surface area contributed by atoms with Crippen LogP contribution in [0, 0.1) is 0 Å². The normalized spacial score (nSPS) is 10.7. The molecule has 7 heteroatoms. The summed E-state index contributed by atoms with van der Waals surface area (Å²) in [6.45, 7) is 0. The second-order valence-electron chi connectivity index (χ2n) is 3.74. The molecule has 100 valence electrons. The summed E-state index contributed by atoms with van der Waals surface area (Å²) in [6, 6.07) is 10.7. The van der Waals surface area contributed by atoms with Crippen molar-refractivity contribution in [1.29, 1.82) is 0 Å². The Morgan fingerprint density at radius 3 is 2.85 bits per heavy atom. The zero-order valence-electron chi connectivity index (χ0n) is 9.95. The van der Waals surface area contributed by atoms with E-state index >= 15 is 0 Å². The molecule has 3 aromatic rings. The van der Waals surface area contributed by atoms with Crippen LogP contribution in [-0.4, -0.2) is 15.3 Å². The molecule has 4 nitrogen and oxygen atoms in total. The van der Waals surface area contributed by atoms with Crippen molar-refractivity contribution in [2.45, 2.75) is 4.34 Å². The van der Waals surface area contributed by atoms with Gasteiger partial charge in [-0.25, -0.2) is 0 Å². The summed E-state index contributed by atoms with van der Waals surface area (Å²) in [5.74, 6) is 0.830. The van der Waals surface area contributed by atoms with Crippen molar-refractivity contribution in [3.63, 3.8) is 0 Å². The van der Waals surface area contributed by atoms with E-state index in [9.17, 15) is 4.79 Å². The molecule has 0 aliphatic carbocycles. The third-order valence-electron chi connectivity index (χ3n) is 2.47. The van der Waals surface area contributed by atoms with E-state index in [0.717, 1.165) is 17.3 Å². The molecule has 0 saturated heterocycles. The van der Waals surface area contributed by atoms with Crippen molar-refractivity contribution in [2.24, 2.45) is 0 Å². The molecule has 0 saturated carbocycles. The quantitative estimate of drug-likeness (QED) is 0.670. The first-order valence-corrected chi connectivity index (χ1v) is 7.64. The van der Waals surface area contributed by atoms with Crippen LogP contribution in [0.4, 0.5) is 0 Å². The Kier molecular flexibility index (Phi) is 3.86. The van der Waals surface area contributed by atoms with Crippen LogP contribution in [0.1, 0.15) is 10.6 Å². The molecule has 0 aliphatic heterocycles. The van der Waals surface area contributed by atoms with Crippen LogP contribution in [0.5, 0.6) is 0 Å². The second kappa shape index (κ2) is 5.78. The van der Waals surface area contributed by atoms with Gasteiger partial charge in [-0.1, -0.05) is 35.1 Å². The molecule has 20 heavy (non-hydrogen) atoms. The van der Waals surface area contributed by atoms with Crippen LogP contribution >= 0.6 is 34.7 Å². The fourth-order valence-electron chi connectivity index (χ4n) is 1.59. The highest BCUT2D eigenvalue weighted by Gasteiger charge is 2.16. The molecule has 0 bridgehead atoms. The number of carbonyl (C=O) groups excluding carboxylic acids is 1. The summed E-state index contributed by atoms with van der Waals surface area (Å²) in [7, 11) is 0. The minimum atomic E-state index is -0.208. The average molecular weight is 323 g/mol. The standard InChI is InChI=1S/C13H7ClN2O2S2/c14-9-4-2-1-3-8(9)10-5-6-11(18-10)12(17)20-13-16-15-7-19-13/h1-7H. The number of thioether (sulfide) groups is 1. The summed E-state index contributed by atoms with van der Waals surface area (Å²) >= 11 is 8.40. The Labute approximate surface area is 127 Å². The summed E-state index contributed by atoms with van der Waals surface area (Å²) in [5.41, 5.74) is 2.33. The number of carbonyl (C=O) groups is 1. The predicted octanol–water partition coefficient (Wildman–Crippen LogP) is 4.38. The molecule has 2 heterocycles. The molecule has 3 rings (SSSR count). The largest absolute Gasteiger partial charge is 0.452 e. The predicted molar refractivity (Wildman–Crippen MR) is 79.3 cm³/mol. The van der Waals surface area contributed by atoms with Gasteiger partial charge in [0.1, 0.15) is 11.3 Å². The highest BCUT2D eigenvalue weighted by molar-refractivity contribution is 8.15. The smallest absolute Gasteiger partial charge is 0.261 e. The van der Waals surface area contributed by atoms with E-state index in [1.807, 2.05) is 18.2 Å². The van der Waals surface area contributed by atoms with Crippen molar-refractivity contribution in [3.8, 4) is 11.3 Å². The van der Waals surface area contributed by atoms with E-state index < -0.39 is 0 Å². The van der Waals surface area contributed by atoms with Gasteiger partial charge in [0, 0.05) is 5.56 Å². The number of halogens is 1. The molecule has 0 amide bonds. The van der Waals surface area contributed by atoms with Gasteiger partial charge < -0.3 is 4.42 Å². The van der Waals surface area contributed by atoms with Crippen LogP contribution in [0.3, 0.4) is 0 Å². The third-order valence-corrected chi connectivity index (χ3v) is 4.46. The minimum absolute atomic E-state index is 0.208. The average Bonchev–Trinajstić information content (AvgIpc) is 3.10. The Balaban J connectivity index is 1.83. The van der Waals surface area contributed by atoms with Crippen LogP contribution < -0.4 is 0 Å². The summed E-state index contributed by atoms with van der Waals surface area (Å²) in [4.78, 5) is 12.0. The molecule has 0 atom stereocenters. The van der Waals surface area contributed by atoms with Crippen molar-refractivity contribution >= 4 is 39.8 Å². The van der Waals surface area contributed by atoms with Crippen LogP contribution in [0.15, 0.2) is 50.7 Å². The van der Waals surface area contributed by atoms with E-state index in [0.29, 0.717) is 15.1 Å². The zero-order valence-corrected chi connectivity index (χ0v) is 12.3. The number of benzene rings is 1. The number of aromatic nitrogens is 2. The van der Waals surface area contributed by atoms with Gasteiger partial charge in [-0.05, 0) is 36.0 Å². The first-order valence-electron chi connectivity index (χ1n) is 5.57. The highest BCUT2D eigenvalue weighted by atomic mass is 35.5. The Hall–Kier alpha value is -1.63. The lowest BCUT2D eigenvalue weighted by molar-refractivity contribution is 0.106. The Morgan fingerprint density at radius 1 is 1.25 bits per heavy atom. The van der Waals surface area contributed by atoms with Gasteiger partial charge in [0.25, 0.3) is 5.12 Å². The number of hydrogen-bond donors (Lipinski definition) is 0. The lowest BCUT2D eigenvalue weighted by atomic mass is 10.2. The van der Waals surface area contributed by atoms with E-state index in [4.69, 9.17) is 16.0 Å². The first kappa shape index (κ1) is 13.4. The zero-order chi connectivity index (χ0) is 13.9. The molecule has 0 N–H and O–H groups in total. The molecule has 1 aromatic carbocycles. The van der Waals surface area contributed by atoms with Gasteiger partial charge in [-0.3, -0.25) is 4.79 Å². The summed E-state index contributed by atoms with van der Waals surface area (Å²) in [6.07, 6.45) is 0. The topological polar surface area (TPSA) is 56.0 Å². The first-order chi connectivity index (χ1) is 9.74. The van der Waals surface area contributed by atoms with E-state index in [1.54, 1.807) is 23.7 Å². The van der Waals surface area contributed by atoms with Crippen LogP contribution in [0.2, 0.25) is 5.02 Å². The van der Waals surface area contributed by atoms with Gasteiger partial charge in [0.2, 0.25) is 0 Å². The van der Waals surface area contributed by atoms with E-state index in [-0.39, 0.29) is 10.9 Å². The summed E-state index contributed by atoms with van der Waals surface area (Å²) < 4.78 is 6.15. The number of nitrogens with zero attached hydrogens (tertiary/aromatic N) is 2. The Morgan fingerprint density at radius 2 is 2.10 bits per heavy atom. The number of hydrogen-bond acceptors (Lipinski definition) is 6. The fourth-order valence-corrected chi connectivity index (χ4v) is 3.10. The lowest BCUT2D eigenvalue weighted by Crippen LogP contribution is -1.89. The maximum Gasteiger partial charge on any atom is 0.261 e. The van der Waals surface area contributed by atoms with Gasteiger partial charge in [-0.2, -0.15) is 0 Å². The molecule has 0 unspecified atom stereocenters. The lowest BCUT2D eigenvalue weighted by Gasteiger charge is -1.99. The molecular weight excluding hydrogens is 316 g/mol. The maximum atomic E-state index is 12.0. The third kappa shape index (κ3) is 2.77. The molecule has 0 fully saturated rings. The van der Waals surface area contributed by atoms with Crippen molar-refractivity contribution < 1.29 is 9.21 Å². The van der Waals surface area contributed by atoms with Gasteiger partial charge >= 0.3 is 0 Å². The van der Waals surface area contributed by atoms with Crippen LogP contribution in [0.25, 0.3) is 11.3 Å². The number of rotatable bonds is 3. The minimum Gasteiger partial charge on any atom is -0.452 e. The maximum absolute atomic E-state index is 12.0. The van der Waals surface area contributed by atoms with E-state index in [2.05, 4.69) is 10.2 Å². The Bertz CT molecular complexity index is 740. The number of furan rings is 1. The van der Waals surface area contributed by atoms with Gasteiger partial charge in [0.15, 0.2) is 10.1 Å². The van der Waals surface area contributed by atoms with Crippen molar-refractivity contribution in [3.05, 3.63) is 52.7 Å². The fraction of sp³-hybridized carbons (Fsp3) is 0. The molecule has 0 radical (unpaired) electrons. The highest BCUT2D eigenvalue weighted by Crippen LogP contribution is 2.31. The molecule has 0 spiro atoms. The van der Waals surface area contributed by atoms with Crippen molar-refractivity contribution in [1.82, 2.24) is 10.2 Å². The van der Waals surface area contributed by atoms with Crippen molar-refractivity contribution in [2.75, 3.05) is 0 Å². The molecular formula is C13H7ClN2O2S2.